The highest BCUT2D eigenvalue weighted by Gasteiger charge is 2.50. The number of nitrogens with zero attached hydrogens (tertiary/aromatic N) is 5. The summed E-state index contributed by atoms with van der Waals surface area (Å²) < 4.78 is 118. The number of alkyl halides is 6. The van der Waals surface area contributed by atoms with Gasteiger partial charge < -0.3 is 58.9 Å². The van der Waals surface area contributed by atoms with Crippen molar-refractivity contribution in [1.29, 1.82) is 10.5 Å². The van der Waals surface area contributed by atoms with Gasteiger partial charge in [-0.05, 0) is 66.2 Å². The molecule has 0 saturated carbocycles. The van der Waals surface area contributed by atoms with Crippen molar-refractivity contribution < 1.29 is 88.5 Å². The van der Waals surface area contributed by atoms with Crippen molar-refractivity contribution >= 4 is 54.2 Å². The Bertz CT molecular complexity index is 2760. The molecule has 528 valence electrons. The Hall–Kier alpha value is -5.09. The Morgan fingerprint density at radius 3 is 1.48 bits per heavy atom. The molecule has 0 aromatic carbocycles. The largest absolute Gasteiger partial charge is 0.449 e. The van der Waals surface area contributed by atoms with Crippen LogP contribution in [-0.4, -0.2) is 183 Å². The molecule has 2 amide bonds. The first-order chi connectivity index (χ1) is 42.3. The Morgan fingerprint density at radius 1 is 0.717 bits per heavy atom. The number of carbonyl (C=O) groups is 4. The third-order valence-electron chi connectivity index (χ3n) is 12.5. The molecule has 0 aliphatic carbocycles. The van der Waals surface area contributed by atoms with Crippen LogP contribution in [0.5, 0.6) is 0 Å². The van der Waals surface area contributed by atoms with Crippen molar-refractivity contribution in [3.05, 3.63) is 66.2 Å². The van der Waals surface area contributed by atoms with E-state index in [4.69, 9.17) is 48.4 Å². The molecule has 3 aliphatic rings. The van der Waals surface area contributed by atoms with Crippen molar-refractivity contribution in [2.24, 2.45) is 0 Å². The van der Waals surface area contributed by atoms with Crippen molar-refractivity contribution in [1.82, 2.24) is 39.7 Å². The van der Waals surface area contributed by atoms with Gasteiger partial charge >= 0.3 is 23.7 Å². The van der Waals surface area contributed by atoms with Gasteiger partial charge in [-0.1, -0.05) is 41.5 Å². The first-order valence-corrected chi connectivity index (χ1v) is 30.6. The van der Waals surface area contributed by atoms with Crippen LogP contribution in [0.4, 0.5) is 26.3 Å². The Balaban J connectivity index is 0. The first kappa shape index (κ1) is 89.0. The zero-order valence-electron chi connectivity index (χ0n) is 53.6. The predicted molar refractivity (Wildman–Crippen MR) is 332 cm³/mol. The van der Waals surface area contributed by atoms with Gasteiger partial charge in [0.05, 0.1) is 50.4 Å². The number of aromatic nitrogens is 4. The van der Waals surface area contributed by atoms with Crippen LogP contribution < -0.4 is 38.4 Å². The van der Waals surface area contributed by atoms with Crippen LogP contribution >= 0.6 is 30.8 Å². The standard InChI is InChI=1S/C26H39F3N5O8P.C17H22F3N3O7.C6H15N.C4H8O.C3H5NO.ClH.H3P/c1-6-18-22(42-43(40-14-8-11-30)34(16(2)3)17(4)5)23(24(41-18)33-13-10-20(36)32-25(33)38)39-15-21(37)31-12-7-9-19(35)26(27,28)29;1-2-9-13(27)14(15(30-9)23-7-5-11(25)22-16(23)28)29-8-12(26)21-6-3-4-10(24)17(18,19)20;1-5(2)7-6(3)4;1-2-4-5-3-1;4-2-1-3-5;;/h10,13,16-18,22-24H,6-9,12,14-15H2,1-5H3,(H,31,37)(H,32,36,38);5,7,9,13-15,27H,2-4,6,8H2,1H3,(H,21,26)(H,22,25,28);5-7H,1-4H3;1-4H2;5H,1,3H2;1H;1H3/t18-,22?,23+,24-,43?;9-,13?,14+,15-;;;;;/m11...../s1. The monoisotopic (exact) mass is 1390 g/mol. The average molecular weight is 1390 g/mol. The maximum absolute atomic E-state index is 12.7. The number of aliphatic hydroxyl groups excluding tert-OH is 2. The number of ketones is 2. The molecule has 0 bridgehead atoms. The third-order valence-corrected chi connectivity index (χ3v) is 14.6. The molecule has 10 atom stereocenters. The summed E-state index contributed by atoms with van der Waals surface area (Å²) in [5, 5.41) is 42.9. The number of aromatic amines is 2. The number of hydrogen-bond donors (Lipinski definition) is 7. The number of amides is 2. The van der Waals surface area contributed by atoms with Crippen molar-refractivity contribution in [2.45, 2.75) is 219 Å². The number of carbonyl (C=O) groups excluding carboxylic acids is 4. The molecule has 5 heterocycles. The molecular weight excluding hydrogens is 1300 g/mol. The summed E-state index contributed by atoms with van der Waals surface area (Å²) in [6.07, 6.45) is -13.5. The van der Waals surface area contributed by atoms with E-state index in [1.807, 2.05) is 45.4 Å². The normalized spacial score (nSPS) is 20.3. The second-order valence-corrected chi connectivity index (χ2v) is 22.7. The quantitative estimate of drug-likeness (QED) is 0.0316. The van der Waals surface area contributed by atoms with Gasteiger partial charge in [0.25, 0.3) is 19.6 Å². The number of ether oxygens (including phenoxy) is 5. The van der Waals surface area contributed by atoms with Gasteiger partial charge in [-0.15, -0.1) is 12.4 Å². The number of H-pyrrole nitrogens is 2. The molecule has 5 rings (SSSR count). The minimum absolute atomic E-state index is 0. The van der Waals surface area contributed by atoms with Gasteiger partial charge in [0.1, 0.15) is 37.6 Å². The summed E-state index contributed by atoms with van der Waals surface area (Å²) in [5.74, 6) is -5.12. The van der Waals surface area contributed by atoms with Crippen molar-refractivity contribution in [3.63, 3.8) is 0 Å². The average Bonchev–Trinajstić information content (AvgIpc) is 1.73. The molecule has 2 aromatic heterocycles. The molecule has 0 radical (unpaired) electrons. The lowest BCUT2D eigenvalue weighted by Crippen LogP contribution is -2.43. The van der Waals surface area contributed by atoms with E-state index in [1.165, 1.54) is 25.2 Å². The number of aliphatic hydroxyl groups is 2. The minimum Gasteiger partial charge on any atom is -0.395 e. The summed E-state index contributed by atoms with van der Waals surface area (Å²) in [4.78, 5) is 98.1. The van der Waals surface area contributed by atoms with Gasteiger partial charge in [0, 0.05) is 87.8 Å². The molecule has 3 fully saturated rings. The fourth-order valence-corrected chi connectivity index (χ4v) is 10.4. The number of nitriles is 2. The van der Waals surface area contributed by atoms with Crippen LogP contribution in [0.1, 0.15) is 146 Å². The molecule has 7 N–H and O–H groups in total. The van der Waals surface area contributed by atoms with Gasteiger partial charge in [0.2, 0.25) is 23.4 Å². The Kier molecular flexibility index (Phi) is 45.4. The zero-order chi connectivity index (χ0) is 68.3. The molecule has 36 heteroatoms. The third kappa shape index (κ3) is 33.8. The summed E-state index contributed by atoms with van der Waals surface area (Å²) in [7, 11) is -1.79. The predicted octanol–water partition coefficient (Wildman–Crippen LogP) is 5.10. The van der Waals surface area contributed by atoms with Crippen LogP contribution in [0.2, 0.25) is 0 Å². The first-order valence-electron chi connectivity index (χ1n) is 29.4. The second-order valence-electron chi connectivity index (χ2n) is 21.3. The second kappa shape index (κ2) is 46.9. The van der Waals surface area contributed by atoms with E-state index in [9.17, 15) is 69.8 Å². The summed E-state index contributed by atoms with van der Waals surface area (Å²) in [5.41, 5.74) is -2.82. The number of nitrogens with one attached hydrogen (secondary N) is 5. The van der Waals surface area contributed by atoms with Gasteiger partial charge in [0.15, 0.2) is 12.5 Å². The van der Waals surface area contributed by atoms with Gasteiger partial charge in [-0.3, -0.25) is 47.9 Å². The van der Waals surface area contributed by atoms with Crippen LogP contribution in [0.15, 0.2) is 43.7 Å². The molecular formula is C56H93ClF6N10O17P2. The van der Waals surface area contributed by atoms with Crippen molar-refractivity contribution in [3.8, 4) is 12.1 Å². The fraction of sp³-hybridized carbons (Fsp3) is 0.750. The summed E-state index contributed by atoms with van der Waals surface area (Å²) >= 11 is 0. The fourth-order valence-electron chi connectivity index (χ4n) is 8.59. The topological polar surface area (TPSA) is 370 Å². The Labute approximate surface area is 541 Å². The molecule has 3 aliphatic heterocycles. The Morgan fingerprint density at radius 2 is 1.14 bits per heavy atom. The SMILES string of the molecule is C1CCOC1.CC(C)NC(C)C.CC[C@H]1O[C@@H](n2ccc(=O)[nH]c2=O)[C@@H](OCC(=O)NCCCC(=O)C(F)(F)F)C1O.CC[C@H]1O[C@@H](n2ccc(=O)[nH]c2=O)[C@@H](OCC(=O)NCCCC(=O)C(F)(F)F)C1OP(OCCC#N)N(C(C)C)C(C)C.Cl.N#CCCO.P. The summed E-state index contributed by atoms with van der Waals surface area (Å²) in [6.45, 7) is 20.6. The van der Waals surface area contributed by atoms with Gasteiger partial charge in [-0.2, -0.15) is 46.8 Å². The number of Topliss-reactive ketones (excluding diaryl/α,β-unsaturated/α-hetero) is 2. The number of halogens is 7. The number of hydrogen-bond acceptors (Lipinski definition) is 21. The lowest BCUT2D eigenvalue weighted by atomic mass is 10.1. The summed E-state index contributed by atoms with van der Waals surface area (Å²) in [6, 6.07) is 7.21. The maximum Gasteiger partial charge on any atom is 0.449 e. The highest BCUT2D eigenvalue weighted by Crippen LogP contribution is 2.51. The molecule has 0 spiro atoms. The molecule has 2 aromatic rings. The maximum atomic E-state index is 12.7. The lowest BCUT2D eigenvalue weighted by molar-refractivity contribution is -0.171. The van der Waals surface area contributed by atoms with E-state index in [0.29, 0.717) is 24.9 Å². The minimum atomic E-state index is -4.94. The lowest BCUT2D eigenvalue weighted by Gasteiger charge is -2.38. The van der Waals surface area contributed by atoms with E-state index in [0.717, 1.165) is 34.5 Å². The van der Waals surface area contributed by atoms with Gasteiger partial charge in [-0.25, -0.2) is 14.3 Å². The highest BCUT2D eigenvalue weighted by molar-refractivity contribution is 7.44. The molecule has 4 unspecified atom stereocenters. The zero-order valence-corrected chi connectivity index (χ0v) is 56.7. The van der Waals surface area contributed by atoms with Crippen LogP contribution in [0.25, 0.3) is 0 Å². The van der Waals surface area contributed by atoms with Crippen LogP contribution in [0, 0.1) is 22.7 Å². The van der Waals surface area contributed by atoms with Crippen LogP contribution in [-0.2, 0) is 51.9 Å². The number of rotatable bonds is 29. The van der Waals surface area contributed by atoms with E-state index in [2.05, 4.69) is 53.6 Å². The van der Waals surface area contributed by atoms with E-state index < -0.39 is 142 Å². The van der Waals surface area contributed by atoms with E-state index in [1.54, 1.807) is 13.0 Å². The van der Waals surface area contributed by atoms with E-state index in [-0.39, 0.29) is 86.4 Å². The highest BCUT2D eigenvalue weighted by atomic mass is 35.5. The molecule has 92 heavy (non-hydrogen) atoms. The molecule has 3 saturated heterocycles. The molecule has 27 nitrogen and oxygen atoms in total. The smallest absolute Gasteiger partial charge is 0.395 e. The van der Waals surface area contributed by atoms with E-state index >= 15 is 0 Å². The van der Waals surface area contributed by atoms with Crippen molar-refractivity contribution in [2.75, 3.05) is 52.7 Å². The van der Waals surface area contributed by atoms with Crippen LogP contribution in [0.3, 0.4) is 0 Å².